The summed E-state index contributed by atoms with van der Waals surface area (Å²) in [7, 11) is 3.07. The van der Waals surface area contributed by atoms with Crippen molar-refractivity contribution in [2.24, 2.45) is 5.41 Å². The van der Waals surface area contributed by atoms with Gasteiger partial charge in [0.15, 0.2) is 0 Å². The van der Waals surface area contributed by atoms with Crippen molar-refractivity contribution in [2.75, 3.05) is 25.3 Å². The summed E-state index contributed by atoms with van der Waals surface area (Å²) in [5.74, 6) is 1.72. The first kappa shape index (κ1) is 15.3. The minimum atomic E-state index is -0.0453. The number of ether oxygens (including phenoxy) is 2. The number of rotatable bonds is 6. The Morgan fingerprint density at radius 1 is 1.35 bits per heavy atom. The Balaban J connectivity index is 2.12. The van der Waals surface area contributed by atoms with Crippen LogP contribution in [-0.2, 0) is 4.79 Å². The maximum Gasteiger partial charge on any atom is 0.225 e. The largest absolute Gasteiger partial charge is 0.495 e. The van der Waals surface area contributed by atoms with E-state index in [-0.39, 0.29) is 11.3 Å². The average Bonchev–Trinajstić information content (AvgIpc) is 3.19. The van der Waals surface area contributed by atoms with Crippen molar-refractivity contribution in [3.8, 4) is 11.5 Å². The molecular formula is C14H18ClNO3S. The normalized spacial score (nSPS) is 15.6. The number of hydrogen-bond acceptors (Lipinski definition) is 4. The fraction of sp³-hybridized carbons (Fsp3) is 0.500. The van der Waals surface area contributed by atoms with Crippen LogP contribution in [0.3, 0.4) is 0 Å². The summed E-state index contributed by atoms with van der Waals surface area (Å²) in [4.78, 5) is 12.1. The minimum Gasteiger partial charge on any atom is -0.495 e. The maximum atomic E-state index is 12.1. The third-order valence-corrected chi connectivity index (χ3v) is 4.54. The molecule has 0 spiro atoms. The molecule has 0 unspecified atom stereocenters. The number of nitrogens with one attached hydrogen (secondary N) is 1. The first-order chi connectivity index (χ1) is 9.53. The zero-order valence-electron chi connectivity index (χ0n) is 11.5. The minimum absolute atomic E-state index is 0.0453. The van der Waals surface area contributed by atoms with Crippen molar-refractivity contribution in [3.05, 3.63) is 17.2 Å². The summed E-state index contributed by atoms with van der Waals surface area (Å²) >= 11 is 10.4. The second-order valence-corrected chi connectivity index (χ2v) is 5.79. The second-order valence-electron chi connectivity index (χ2n) is 5.07. The van der Waals surface area contributed by atoms with Crippen LogP contribution in [0, 0.1) is 5.41 Å². The Kier molecular flexibility index (Phi) is 4.70. The van der Waals surface area contributed by atoms with Gasteiger partial charge in [-0.3, -0.25) is 4.79 Å². The lowest BCUT2D eigenvalue weighted by Crippen LogP contribution is -2.18. The Labute approximate surface area is 129 Å². The highest BCUT2D eigenvalue weighted by Crippen LogP contribution is 2.49. The molecule has 1 fully saturated rings. The molecule has 0 heterocycles. The van der Waals surface area contributed by atoms with Crippen LogP contribution in [0.1, 0.15) is 19.3 Å². The number of methoxy groups -OCH3 is 2. The molecule has 1 N–H and O–H groups in total. The predicted octanol–water partition coefficient (Wildman–Crippen LogP) is 3.40. The van der Waals surface area contributed by atoms with Crippen molar-refractivity contribution >= 4 is 35.8 Å². The van der Waals surface area contributed by atoms with E-state index < -0.39 is 0 Å². The quantitative estimate of drug-likeness (QED) is 0.791. The molecular weight excluding hydrogens is 298 g/mol. The summed E-state index contributed by atoms with van der Waals surface area (Å²) in [5.41, 5.74) is 0.634. The molecule has 6 heteroatoms. The molecule has 1 aromatic carbocycles. The molecule has 1 saturated carbocycles. The molecule has 0 aromatic heterocycles. The molecule has 0 saturated heterocycles. The number of anilines is 1. The molecule has 4 nitrogen and oxygen atoms in total. The Bertz CT molecular complexity index is 517. The standard InChI is InChI=1S/C14H18ClNO3S/c1-18-11-6-12(19-2)10(5-9(11)15)16-13(17)7-14(8-20)3-4-14/h5-6,20H,3-4,7-8H2,1-2H3,(H,16,17). The number of amides is 1. The molecule has 1 aliphatic rings. The molecule has 0 aliphatic heterocycles. The second kappa shape index (κ2) is 6.14. The van der Waals surface area contributed by atoms with E-state index in [2.05, 4.69) is 17.9 Å². The average molecular weight is 316 g/mol. The lowest BCUT2D eigenvalue weighted by Gasteiger charge is -2.15. The molecule has 110 valence electrons. The topological polar surface area (TPSA) is 47.6 Å². The van der Waals surface area contributed by atoms with Crippen molar-refractivity contribution < 1.29 is 14.3 Å². The van der Waals surface area contributed by atoms with Crippen LogP contribution in [0.5, 0.6) is 11.5 Å². The Morgan fingerprint density at radius 3 is 2.50 bits per heavy atom. The van der Waals surface area contributed by atoms with Gasteiger partial charge in [-0.2, -0.15) is 12.6 Å². The fourth-order valence-electron chi connectivity index (χ4n) is 2.06. The third kappa shape index (κ3) is 3.33. The van der Waals surface area contributed by atoms with E-state index in [1.165, 1.54) is 14.2 Å². The lowest BCUT2D eigenvalue weighted by atomic mass is 10.1. The molecule has 0 bridgehead atoms. The summed E-state index contributed by atoms with van der Waals surface area (Å²) in [6.45, 7) is 0. The smallest absolute Gasteiger partial charge is 0.225 e. The summed E-state index contributed by atoms with van der Waals surface area (Å²) in [5, 5.41) is 3.28. The number of benzene rings is 1. The van der Waals surface area contributed by atoms with Crippen molar-refractivity contribution in [3.63, 3.8) is 0 Å². The van der Waals surface area contributed by atoms with E-state index in [0.717, 1.165) is 18.6 Å². The van der Waals surface area contributed by atoms with Crippen LogP contribution in [0.25, 0.3) is 0 Å². The van der Waals surface area contributed by atoms with Gasteiger partial charge in [0, 0.05) is 12.5 Å². The van der Waals surface area contributed by atoms with Crippen LogP contribution in [0.2, 0.25) is 5.02 Å². The van der Waals surface area contributed by atoms with Crippen molar-refractivity contribution in [1.29, 1.82) is 0 Å². The van der Waals surface area contributed by atoms with Gasteiger partial charge < -0.3 is 14.8 Å². The first-order valence-electron chi connectivity index (χ1n) is 6.36. The molecule has 1 aromatic rings. The molecule has 20 heavy (non-hydrogen) atoms. The van der Waals surface area contributed by atoms with E-state index >= 15 is 0 Å². The van der Waals surface area contributed by atoms with E-state index in [1.54, 1.807) is 12.1 Å². The van der Waals surface area contributed by atoms with Crippen LogP contribution in [0.15, 0.2) is 12.1 Å². The monoisotopic (exact) mass is 315 g/mol. The number of carbonyl (C=O) groups is 1. The number of hydrogen-bond donors (Lipinski definition) is 2. The molecule has 1 amide bonds. The van der Waals surface area contributed by atoms with Gasteiger partial charge in [-0.25, -0.2) is 0 Å². The van der Waals surface area contributed by atoms with E-state index in [9.17, 15) is 4.79 Å². The Morgan fingerprint density at radius 2 is 2.00 bits per heavy atom. The van der Waals surface area contributed by atoms with Gasteiger partial charge in [0.25, 0.3) is 0 Å². The maximum absolute atomic E-state index is 12.1. The molecule has 1 aliphatic carbocycles. The highest BCUT2D eigenvalue weighted by molar-refractivity contribution is 7.80. The van der Waals surface area contributed by atoms with Gasteiger partial charge in [0.1, 0.15) is 11.5 Å². The van der Waals surface area contributed by atoms with Crippen LogP contribution in [-0.4, -0.2) is 25.9 Å². The van der Waals surface area contributed by atoms with E-state index in [0.29, 0.717) is 28.6 Å². The SMILES string of the molecule is COc1cc(OC)c(NC(=O)CC2(CS)CC2)cc1Cl. The van der Waals surface area contributed by atoms with Gasteiger partial charge in [-0.05, 0) is 30.1 Å². The van der Waals surface area contributed by atoms with Gasteiger partial charge in [-0.15, -0.1) is 0 Å². The van der Waals surface area contributed by atoms with Gasteiger partial charge in [0.2, 0.25) is 5.91 Å². The summed E-state index contributed by atoms with van der Waals surface area (Å²) in [6, 6.07) is 3.29. The zero-order valence-corrected chi connectivity index (χ0v) is 13.2. The number of halogens is 1. The van der Waals surface area contributed by atoms with Gasteiger partial charge in [-0.1, -0.05) is 11.6 Å². The van der Waals surface area contributed by atoms with Crippen molar-refractivity contribution in [1.82, 2.24) is 0 Å². The van der Waals surface area contributed by atoms with Crippen LogP contribution in [0.4, 0.5) is 5.69 Å². The predicted molar refractivity (Wildman–Crippen MR) is 83.3 cm³/mol. The zero-order chi connectivity index (χ0) is 14.8. The summed E-state index contributed by atoms with van der Waals surface area (Å²) in [6.07, 6.45) is 2.60. The van der Waals surface area contributed by atoms with Crippen molar-refractivity contribution in [2.45, 2.75) is 19.3 Å². The van der Waals surface area contributed by atoms with Crippen LogP contribution < -0.4 is 14.8 Å². The van der Waals surface area contributed by atoms with Gasteiger partial charge in [0.05, 0.1) is 24.9 Å². The van der Waals surface area contributed by atoms with Crippen LogP contribution >= 0.6 is 24.2 Å². The highest BCUT2D eigenvalue weighted by atomic mass is 35.5. The highest BCUT2D eigenvalue weighted by Gasteiger charge is 2.42. The lowest BCUT2D eigenvalue weighted by molar-refractivity contribution is -0.117. The molecule has 0 radical (unpaired) electrons. The molecule has 2 rings (SSSR count). The van der Waals surface area contributed by atoms with E-state index in [4.69, 9.17) is 21.1 Å². The van der Waals surface area contributed by atoms with Gasteiger partial charge >= 0.3 is 0 Å². The Hall–Kier alpha value is -1.07. The molecule has 0 atom stereocenters. The number of thiol groups is 1. The third-order valence-electron chi connectivity index (χ3n) is 3.58. The first-order valence-corrected chi connectivity index (χ1v) is 7.37. The fourth-order valence-corrected chi connectivity index (χ4v) is 2.73. The summed E-state index contributed by atoms with van der Waals surface area (Å²) < 4.78 is 10.4. The van der Waals surface area contributed by atoms with E-state index in [1.807, 2.05) is 0 Å². The number of carbonyl (C=O) groups excluding carboxylic acids is 1.